The maximum Gasteiger partial charge on any atom is 0.255 e. The standard InChI is InChI=1S/C17H19NO2/c1-17(2,3)13-6-4-12(5-7-13)16(20)18-14-8-10-15(19)11-9-14/h4-11,19H,1-3H3,(H,18,20). The topological polar surface area (TPSA) is 49.3 Å². The maximum absolute atomic E-state index is 12.1. The first kappa shape index (κ1) is 14.1. The van der Waals surface area contributed by atoms with Crippen molar-refractivity contribution >= 4 is 11.6 Å². The Morgan fingerprint density at radius 1 is 0.950 bits per heavy atom. The third kappa shape index (κ3) is 3.38. The molecule has 0 bridgehead atoms. The molecule has 0 radical (unpaired) electrons. The summed E-state index contributed by atoms with van der Waals surface area (Å²) in [6, 6.07) is 14.0. The van der Waals surface area contributed by atoms with Crippen molar-refractivity contribution < 1.29 is 9.90 Å². The second-order valence-corrected chi connectivity index (χ2v) is 5.83. The summed E-state index contributed by atoms with van der Waals surface area (Å²) >= 11 is 0. The first-order chi connectivity index (χ1) is 9.36. The number of benzene rings is 2. The Morgan fingerprint density at radius 2 is 1.50 bits per heavy atom. The van der Waals surface area contributed by atoms with Gasteiger partial charge in [-0.2, -0.15) is 0 Å². The third-order valence-corrected chi connectivity index (χ3v) is 3.14. The van der Waals surface area contributed by atoms with Crippen LogP contribution in [-0.4, -0.2) is 11.0 Å². The molecule has 3 heteroatoms. The van der Waals surface area contributed by atoms with Crippen molar-refractivity contribution in [3.63, 3.8) is 0 Å². The van der Waals surface area contributed by atoms with Crippen molar-refractivity contribution in [2.75, 3.05) is 5.32 Å². The molecule has 0 saturated heterocycles. The Labute approximate surface area is 119 Å². The highest BCUT2D eigenvalue weighted by Crippen LogP contribution is 2.22. The van der Waals surface area contributed by atoms with Crippen LogP contribution in [0.5, 0.6) is 5.75 Å². The van der Waals surface area contributed by atoms with Gasteiger partial charge in [-0.25, -0.2) is 0 Å². The zero-order chi connectivity index (χ0) is 14.8. The average molecular weight is 269 g/mol. The fraction of sp³-hybridized carbons (Fsp3) is 0.235. The van der Waals surface area contributed by atoms with E-state index in [1.54, 1.807) is 12.1 Å². The van der Waals surface area contributed by atoms with E-state index in [-0.39, 0.29) is 17.1 Å². The number of carbonyl (C=O) groups is 1. The number of carbonyl (C=O) groups excluding carboxylic acids is 1. The zero-order valence-electron chi connectivity index (χ0n) is 12.0. The zero-order valence-corrected chi connectivity index (χ0v) is 12.0. The predicted octanol–water partition coefficient (Wildman–Crippen LogP) is 3.94. The van der Waals surface area contributed by atoms with Gasteiger partial charge in [0, 0.05) is 11.3 Å². The minimum absolute atomic E-state index is 0.0754. The Balaban J connectivity index is 2.11. The molecule has 2 N–H and O–H groups in total. The van der Waals surface area contributed by atoms with Gasteiger partial charge < -0.3 is 10.4 Å². The molecule has 104 valence electrons. The van der Waals surface area contributed by atoms with Crippen LogP contribution in [0.4, 0.5) is 5.69 Å². The first-order valence-corrected chi connectivity index (χ1v) is 6.57. The van der Waals surface area contributed by atoms with E-state index in [0.29, 0.717) is 11.3 Å². The van der Waals surface area contributed by atoms with E-state index in [2.05, 4.69) is 26.1 Å². The minimum atomic E-state index is -0.156. The molecule has 0 atom stereocenters. The van der Waals surface area contributed by atoms with Crippen LogP contribution >= 0.6 is 0 Å². The van der Waals surface area contributed by atoms with Crippen molar-refractivity contribution in [3.05, 3.63) is 59.7 Å². The Bertz CT molecular complexity index is 592. The lowest BCUT2D eigenvalue weighted by molar-refractivity contribution is 0.102. The fourth-order valence-corrected chi connectivity index (χ4v) is 1.87. The molecular weight excluding hydrogens is 250 g/mol. The number of hydrogen-bond donors (Lipinski definition) is 2. The van der Waals surface area contributed by atoms with Crippen LogP contribution in [0.25, 0.3) is 0 Å². The summed E-state index contributed by atoms with van der Waals surface area (Å²) in [5, 5.41) is 12.0. The molecule has 0 aliphatic carbocycles. The monoisotopic (exact) mass is 269 g/mol. The molecule has 2 rings (SSSR count). The number of anilines is 1. The normalized spacial score (nSPS) is 11.2. The summed E-state index contributed by atoms with van der Waals surface area (Å²) < 4.78 is 0. The van der Waals surface area contributed by atoms with Gasteiger partial charge in [0.2, 0.25) is 0 Å². The van der Waals surface area contributed by atoms with E-state index < -0.39 is 0 Å². The molecule has 0 aromatic heterocycles. The number of hydrogen-bond acceptors (Lipinski definition) is 2. The molecule has 0 saturated carbocycles. The number of phenolic OH excluding ortho intramolecular Hbond substituents is 1. The van der Waals surface area contributed by atoms with E-state index in [1.165, 1.54) is 17.7 Å². The molecule has 3 nitrogen and oxygen atoms in total. The maximum atomic E-state index is 12.1. The van der Waals surface area contributed by atoms with E-state index in [0.717, 1.165) is 0 Å². The van der Waals surface area contributed by atoms with Gasteiger partial charge in [0.25, 0.3) is 5.91 Å². The van der Waals surface area contributed by atoms with Crippen LogP contribution in [0.15, 0.2) is 48.5 Å². The van der Waals surface area contributed by atoms with Gasteiger partial charge in [-0.15, -0.1) is 0 Å². The number of amides is 1. The Hall–Kier alpha value is -2.29. The van der Waals surface area contributed by atoms with Crippen molar-refractivity contribution in [1.29, 1.82) is 0 Å². The van der Waals surface area contributed by atoms with Gasteiger partial charge in [0.15, 0.2) is 0 Å². The SMILES string of the molecule is CC(C)(C)c1ccc(C(=O)Nc2ccc(O)cc2)cc1. The summed E-state index contributed by atoms with van der Waals surface area (Å²) in [7, 11) is 0. The summed E-state index contributed by atoms with van der Waals surface area (Å²) in [4.78, 5) is 12.1. The van der Waals surface area contributed by atoms with Crippen LogP contribution in [0.1, 0.15) is 36.7 Å². The van der Waals surface area contributed by atoms with Crippen LogP contribution in [0.2, 0.25) is 0 Å². The average Bonchev–Trinajstić information content (AvgIpc) is 2.40. The van der Waals surface area contributed by atoms with Crippen LogP contribution in [0.3, 0.4) is 0 Å². The number of aromatic hydroxyl groups is 1. The van der Waals surface area contributed by atoms with Crippen molar-refractivity contribution in [2.24, 2.45) is 0 Å². The highest BCUT2D eigenvalue weighted by molar-refractivity contribution is 6.04. The van der Waals surface area contributed by atoms with Gasteiger partial charge >= 0.3 is 0 Å². The van der Waals surface area contributed by atoms with Crippen molar-refractivity contribution in [2.45, 2.75) is 26.2 Å². The van der Waals surface area contributed by atoms with E-state index in [4.69, 9.17) is 0 Å². The van der Waals surface area contributed by atoms with Gasteiger partial charge in [0.1, 0.15) is 5.75 Å². The smallest absolute Gasteiger partial charge is 0.255 e. The molecular formula is C17H19NO2. The second-order valence-electron chi connectivity index (χ2n) is 5.83. The highest BCUT2D eigenvalue weighted by atomic mass is 16.3. The highest BCUT2D eigenvalue weighted by Gasteiger charge is 2.14. The summed E-state index contributed by atoms with van der Waals surface area (Å²) in [5.41, 5.74) is 2.55. The van der Waals surface area contributed by atoms with Gasteiger partial charge in [0.05, 0.1) is 0 Å². The fourth-order valence-electron chi connectivity index (χ4n) is 1.87. The molecule has 0 aliphatic rings. The van der Waals surface area contributed by atoms with Crippen molar-refractivity contribution in [3.8, 4) is 5.75 Å². The van der Waals surface area contributed by atoms with Gasteiger partial charge in [-0.3, -0.25) is 4.79 Å². The molecule has 1 amide bonds. The quantitative estimate of drug-likeness (QED) is 0.811. The molecule has 0 heterocycles. The molecule has 20 heavy (non-hydrogen) atoms. The largest absolute Gasteiger partial charge is 0.508 e. The van der Waals surface area contributed by atoms with E-state index in [1.807, 2.05) is 24.3 Å². The lowest BCUT2D eigenvalue weighted by Crippen LogP contribution is -2.14. The molecule has 0 aliphatic heterocycles. The lowest BCUT2D eigenvalue weighted by Gasteiger charge is -2.19. The summed E-state index contributed by atoms with van der Waals surface area (Å²) in [6.07, 6.45) is 0. The van der Waals surface area contributed by atoms with Crippen molar-refractivity contribution in [1.82, 2.24) is 0 Å². The van der Waals surface area contributed by atoms with Crippen LogP contribution in [-0.2, 0) is 5.41 Å². The van der Waals surface area contributed by atoms with Crippen LogP contribution in [0, 0.1) is 0 Å². The minimum Gasteiger partial charge on any atom is -0.508 e. The molecule has 2 aromatic carbocycles. The molecule has 0 spiro atoms. The Kier molecular flexibility index (Phi) is 3.79. The van der Waals surface area contributed by atoms with Crippen LogP contribution < -0.4 is 5.32 Å². The second kappa shape index (κ2) is 5.37. The molecule has 0 fully saturated rings. The number of nitrogens with one attached hydrogen (secondary N) is 1. The van der Waals surface area contributed by atoms with E-state index in [9.17, 15) is 9.90 Å². The molecule has 0 unspecified atom stereocenters. The third-order valence-electron chi connectivity index (χ3n) is 3.14. The number of phenols is 1. The molecule has 2 aromatic rings. The van der Waals surface area contributed by atoms with Gasteiger partial charge in [-0.05, 0) is 47.4 Å². The first-order valence-electron chi connectivity index (χ1n) is 6.57. The van der Waals surface area contributed by atoms with E-state index >= 15 is 0 Å². The lowest BCUT2D eigenvalue weighted by atomic mass is 9.87. The predicted molar refractivity (Wildman–Crippen MR) is 81.2 cm³/mol. The van der Waals surface area contributed by atoms with Gasteiger partial charge in [-0.1, -0.05) is 32.9 Å². The number of rotatable bonds is 2. The summed E-state index contributed by atoms with van der Waals surface area (Å²) in [6.45, 7) is 6.41. The Morgan fingerprint density at radius 3 is 2.00 bits per heavy atom. The summed E-state index contributed by atoms with van der Waals surface area (Å²) in [5.74, 6) is 0.0219.